The van der Waals surface area contributed by atoms with Crippen molar-refractivity contribution in [3.8, 4) is 11.5 Å². The zero-order chi connectivity index (χ0) is 14.7. The molecular formula is C15H14BrClFNO. The van der Waals surface area contributed by atoms with E-state index < -0.39 is 5.82 Å². The van der Waals surface area contributed by atoms with E-state index in [0.717, 1.165) is 10.0 Å². The summed E-state index contributed by atoms with van der Waals surface area (Å²) in [5, 5.41) is 3.20. The molecule has 2 rings (SSSR count). The molecule has 0 aliphatic heterocycles. The van der Waals surface area contributed by atoms with Crippen LogP contribution in [0.15, 0.2) is 40.9 Å². The van der Waals surface area contributed by atoms with Crippen LogP contribution in [-0.4, -0.2) is 7.05 Å². The van der Waals surface area contributed by atoms with Gasteiger partial charge in [0.25, 0.3) is 0 Å². The molecule has 106 valence electrons. The summed E-state index contributed by atoms with van der Waals surface area (Å²) in [6.45, 7) is 2.05. The van der Waals surface area contributed by atoms with E-state index >= 15 is 0 Å². The molecule has 0 spiro atoms. The summed E-state index contributed by atoms with van der Waals surface area (Å²) in [6.07, 6.45) is 0. The summed E-state index contributed by atoms with van der Waals surface area (Å²) in [5.74, 6) is 0.0990. The van der Waals surface area contributed by atoms with Crippen molar-refractivity contribution in [1.82, 2.24) is 5.32 Å². The highest BCUT2D eigenvalue weighted by Crippen LogP contribution is 2.32. The maximum absolute atomic E-state index is 13.8. The van der Waals surface area contributed by atoms with Crippen LogP contribution < -0.4 is 10.1 Å². The molecule has 2 aromatic carbocycles. The maximum atomic E-state index is 13.8. The van der Waals surface area contributed by atoms with Crippen LogP contribution in [0, 0.1) is 5.82 Å². The predicted octanol–water partition coefficient (Wildman–Crippen LogP) is 5.31. The van der Waals surface area contributed by atoms with Crippen LogP contribution in [0.3, 0.4) is 0 Å². The third-order valence-electron chi connectivity index (χ3n) is 3.02. The smallest absolute Gasteiger partial charge is 0.184 e. The van der Waals surface area contributed by atoms with Gasteiger partial charge in [-0.1, -0.05) is 39.7 Å². The van der Waals surface area contributed by atoms with Gasteiger partial charge in [-0.3, -0.25) is 0 Å². The molecule has 0 aliphatic carbocycles. The molecule has 0 aromatic heterocycles. The Labute approximate surface area is 131 Å². The number of halogens is 3. The van der Waals surface area contributed by atoms with Gasteiger partial charge in [-0.15, -0.1) is 0 Å². The van der Waals surface area contributed by atoms with Crippen LogP contribution >= 0.6 is 27.5 Å². The van der Waals surface area contributed by atoms with Crippen molar-refractivity contribution in [2.24, 2.45) is 0 Å². The number of hydrogen-bond donors (Lipinski definition) is 1. The van der Waals surface area contributed by atoms with Gasteiger partial charge in [-0.2, -0.15) is 0 Å². The lowest BCUT2D eigenvalue weighted by Gasteiger charge is -2.14. The highest BCUT2D eigenvalue weighted by molar-refractivity contribution is 9.10. The minimum atomic E-state index is -0.557. The van der Waals surface area contributed by atoms with Crippen LogP contribution in [0.2, 0.25) is 5.02 Å². The zero-order valence-electron chi connectivity index (χ0n) is 11.1. The fourth-order valence-corrected chi connectivity index (χ4v) is 2.63. The molecule has 0 bridgehead atoms. The van der Waals surface area contributed by atoms with Gasteiger partial charge in [0.05, 0.1) is 5.02 Å². The van der Waals surface area contributed by atoms with Crippen molar-refractivity contribution in [1.29, 1.82) is 0 Å². The van der Waals surface area contributed by atoms with Crippen molar-refractivity contribution in [2.45, 2.75) is 13.0 Å². The van der Waals surface area contributed by atoms with Crippen LogP contribution in [0.1, 0.15) is 18.5 Å². The Balaban J connectivity index is 2.27. The topological polar surface area (TPSA) is 21.3 Å². The van der Waals surface area contributed by atoms with Gasteiger partial charge >= 0.3 is 0 Å². The normalized spacial score (nSPS) is 12.2. The van der Waals surface area contributed by atoms with E-state index in [4.69, 9.17) is 16.3 Å². The highest BCUT2D eigenvalue weighted by atomic mass is 79.9. The SMILES string of the molecule is CNC(C)c1ccc(Oc2cccc(Cl)c2F)cc1Br. The van der Waals surface area contributed by atoms with E-state index in [2.05, 4.69) is 28.2 Å². The molecule has 2 nitrogen and oxygen atoms in total. The van der Waals surface area contributed by atoms with Crippen molar-refractivity contribution in [3.63, 3.8) is 0 Å². The molecule has 0 saturated carbocycles. The maximum Gasteiger partial charge on any atom is 0.184 e. The van der Waals surface area contributed by atoms with Gasteiger partial charge in [-0.05, 0) is 43.8 Å². The second-order valence-corrected chi connectivity index (χ2v) is 5.61. The van der Waals surface area contributed by atoms with Crippen molar-refractivity contribution < 1.29 is 9.13 Å². The molecule has 1 N–H and O–H groups in total. The van der Waals surface area contributed by atoms with Crippen LogP contribution in [0.4, 0.5) is 4.39 Å². The minimum absolute atomic E-state index is 0.0435. The van der Waals surface area contributed by atoms with Crippen molar-refractivity contribution in [2.75, 3.05) is 7.05 Å². The first kappa shape index (κ1) is 15.3. The van der Waals surface area contributed by atoms with Gasteiger partial charge in [0, 0.05) is 10.5 Å². The van der Waals surface area contributed by atoms with Crippen molar-refractivity contribution in [3.05, 3.63) is 57.3 Å². The van der Waals surface area contributed by atoms with E-state index in [-0.39, 0.29) is 16.8 Å². The molecule has 0 radical (unpaired) electrons. The molecular weight excluding hydrogens is 345 g/mol. The fraction of sp³-hybridized carbons (Fsp3) is 0.200. The molecule has 0 fully saturated rings. The zero-order valence-corrected chi connectivity index (χ0v) is 13.4. The lowest BCUT2D eigenvalue weighted by molar-refractivity contribution is 0.442. The Morgan fingerprint density at radius 3 is 2.70 bits per heavy atom. The molecule has 1 unspecified atom stereocenters. The Kier molecular flexibility index (Phi) is 5.02. The molecule has 0 heterocycles. The van der Waals surface area contributed by atoms with E-state index in [1.54, 1.807) is 18.2 Å². The average Bonchev–Trinajstić information content (AvgIpc) is 2.43. The second-order valence-electron chi connectivity index (χ2n) is 4.35. The number of nitrogens with one attached hydrogen (secondary N) is 1. The van der Waals surface area contributed by atoms with Crippen LogP contribution in [-0.2, 0) is 0 Å². The van der Waals surface area contributed by atoms with E-state index in [1.165, 1.54) is 6.07 Å². The molecule has 0 saturated heterocycles. The van der Waals surface area contributed by atoms with Crippen LogP contribution in [0.5, 0.6) is 11.5 Å². The van der Waals surface area contributed by atoms with Gasteiger partial charge in [0.15, 0.2) is 11.6 Å². The summed E-state index contributed by atoms with van der Waals surface area (Å²) >= 11 is 9.22. The summed E-state index contributed by atoms with van der Waals surface area (Å²) in [5.41, 5.74) is 1.10. The number of benzene rings is 2. The summed E-state index contributed by atoms with van der Waals surface area (Å²) in [7, 11) is 1.89. The molecule has 0 aliphatic rings. The summed E-state index contributed by atoms with van der Waals surface area (Å²) in [4.78, 5) is 0. The number of rotatable bonds is 4. The Bertz CT molecular complexity index is 621. The fourth-order valence-electron chi connectivity index (χ4n) is 1.77. The molecule has 1 atom stereocenters. The monoisotopic (exact) mass is 357 g/mol. The van der Waals surface area contributed by atoms with Gasteiger partial charge in [0.1, 0.15) is 5.75 Å². The lowest BCUT2D eigenvalue weighted by atomic mass is 10.1. The van der Waals surface area contributed by atoms with E-state index in [9.17, 15) is 4.39 Å². The largest absolute Gasteiger partial charge is 0.454 e. The van der Waals surface area contributed by atoms with Gasteiger partial charge in [0.2, 0.25) is 0 Å². The quantitative estimate of drug-likeness (QED) is 0.799. The molecule has 5 heteroatoms. The summed E-state index contributed by atoms with van der Waals surface area (Å²) in [6, 6.07) is 10.4. The van der Waals surface area contributed by atoms with Crippen LogP contribution in [0.25, 0.3) is 0 Å². The third-order valence-corrected chi connectivity index (χ3v) is 3.99. The highest BCUT2D eigenvalue weighted by Gasteiger charge is 2.11. The molecule has 2 aromatic rings. The third kappa shape index (κ3) is 3.32. The summed E-state index contributed by atoms with van der Waals surface area (Å²) < 4.78 is 20.2. The second kappa shape index (κ2) is 6.57. The molecule has 20 heavy (non-hydrogen) atoms. The van der Waals surface area contributed by atoms with Gasteiger partial charge in [-0.25, -0.2) is 4.39 Å². The Morgan fingerprint density at radius 1 is 1.30 bits per heavy atom. The van der Waals surface area contributed by atoms with E-state index in [0.29, 0.717) is 5.75 Å². The lowest BCUT2D eigenvalue weighted by Crippen LogP contribution is -2.12. The van der Waals surface area contributed by atoms with Crippen molar-refractivity contribution >= 4 is 27.5 Å². The first-order chi connectivity index (χ1) is 9.52. The first-order valence-corrected chi connectivity index (χ1v) is 7.28. The Morgan fingerprint density at radius 2 is 2.05 bits per heavy atom. The average molecular weight is 359 g/mol. The molecule has 0 amide bonds. The number of ether oxygens (including phenoxy) is 1. The standard InChI is InChI=1S/C15H14BrClFNO/c1-9(19-2)11-7-6-10(8-12(11)16)20-14-5-3-4-13(17)15(14)18/h3-9,19H,1-2H3. The van der Waals surface area contributed by atoms with E-state index in [1.807, 2.05) is 19.2 Å². The Hall–Kier alpha value is -1.10. The minimum Gasteiger partial charge on any atom is -0.454 e. The first-order valence-electron chi connectivity index (χ1n) is 6.11. The predicted molar refractivity (Wildman–Crippen MR) is 83.1 cm³/mol. The number of hydrogen-bond acceptors (Lipinski definition) is 2. The van der Waals surface area contributed by atoms with Gasteiger partial charge < -0.3 is 10.1 Å².